The van der Waals surface area contributed by atoms with Gasteiger partial charge in [0.05, 0.1) is 5.02 Å². The molecule has 0 aliphatic rings. The lowest BCUT2D eigenvalue weighted by molar-refractivity contribution is 0.0957. The lowest BCUT2D eigenvalue weighted by Crippen LogP contribution is -2.25. The Labute approximate surface area is 104 Å². The maximum absolute atomic E-state index is 11.6. The van der Waals surface area contributed by atoms with E-state index in [9.17, 15) is 4.79 Å². The van der Waals surface area contributed by atoms with Gasteiger partial charge in [-0.1, -0.05) is 11.6 Å². The van der Waals surface area contributed by atoms with Crippen molar-refractivity contribution >= 4 is 40.4 Å². The number of hydrogen-bond acceptors (Lipinski definition) is 2. The predicted octanol–water partition coefficient (Wildman–Crippen LogP) is 3.46. The second kappa shape index (κ2) is 5.73. The number of aryl methyl sites for hydroxylation is 1. The average molecular weight is 266 g/mol. The average Bonchev–Trinajstić information content (AvgIpc) is 2.47. The summed E-state index contributed by atoms with van der Waals surface area (Å²) in [6.45, 7) is 4.36. The first kappa shape index (κ1) is 12.8. The van der Waals surface area contributed by atoms with Crippen LogP contribution in [0.5, 0.6) is 0 Å². The first-order chi connectivity index (χ1) is 7.02. The molecule has 1 unspecified atom stereocenters. The summed E-state index contributed by atoms with van der Waals surface area (Å²) in [7, 11) is 0. The molecule has 0 fully saturated rings. The number of nitrogens with one attached hydrogen (secondary N) is 1. The van der Waals surface area contributed by atoms with Crippen molar-refractivity contribution in [2.24, 2.45) is 0 Å². The lowest BCUT2D eigenvalue weighted by atomic mass is 10.3. The number of carbonyl (C=O) groups is 1. The molecule has 1 amide bonds. The molecular formula is C10H13Cl2NOS. The van der Waals surface area contributed by atoms with Crippen LogP contribution >= 0.6 is 34.5 Å². The number of thiophene rings is 1. The van der Waals surface area contributed by atoms with E-state index in [-0.39, 0.29) is 11.3 Å². The Morgan fingerprint density at radius 2 is 2.33 bits per heavy atom. The van der Waals surface area contributed by atoms with Gasteiger partial charge in [-0.15, -0.1) is 22.9 Å². The molecule has 0 spiro atoms. The summed E-state index contributed by atoms with van der Waals surface area (Å²) in [6.07, 6.45) is 0.759. The molecule has 15 heavy (non-hydrogen) atoms. The van der Waals surface area contributed by atoms with Crippen LogP contribution in [0, 0.1) is 6.92 Å². The zero-order valence-corrected chi connectivity index (χ0v) is 11.0. The number of carbonyl (C=O) groups excluding carboxylic acids is 1. The number of alkyl halides is 1. The van der Waals surface area contributed by atoms with Crippen LogP contribution in [0.3, 0.4) is 0 Å². The molecule has 0 saturated carbocycles. The predicted molar refractivity (Wildman–Crippen MR) is 66.3 cm³/mol. The molecule has 1 aromatic heterocycles. The summed E-state index contributed by atoms with van der Waals surface area (Å²) in [5.74, 6) is -0.115. The van der Waals surface area contributed by atoms with Gasteiger partial charge in [0, 0.05) is 11.9 Å². The quantitative estimate of drug-likeness (QED) is 0.831. The van der Waals surface area contributed by atoms with Gasteiger partial charge in [-0.25, -0.2) is 0 Å². The monoisotopic (exact) mass is 265 g/mol. The largest absolute Gasteiger partial charge is 0.351 e. The summed E-state index contributed by atoms with van der Waals surface area (Å²) >= 11 is 13.1. The molecule has 84 valence electrons. The first-order valence-corrected chi connectivity index (χ1v) is 6.37. The van der Waals surface area contributed by atoms with Gasteiger partial charge in [0.25, 0.3) is 5.91 Å². The van der Waals surface area contributed by atoms with Crippen LogP contribution < -0.4 is 5.32 Å². The van der Waals surface area contributed by atoms with Gasteiger partial charge in [-0.05, 0) is 31.2 Å². The van der Waals surface area contributed by atoms with Crippen LogP contribution in [0.4, 0.5) is 0 Å². The van der Waals surface area contributed by atoms with Crippen molar-refractivity contribution in [3.8, 4) is 0 Å². The maximum Gasteiger partial charge on any atom is 0.262 e. The van der Waals surface area contributed by atoms with E-state index in [0.717, 1.165) is 12.0 Å². The highest BCUT2D eigenvalue weighted by Crippen LogP contribution is 2.26. The standard InChI is InChI=1S/C10H13Cl2NOS/c1-6-5-15-9(8(6)12)10(14)13-4-3-7(2)11/h5,7H,3-4H2,1-2H3,(H,13,14). The number of rotatable bonds is 4. The van der Waals surface area contributed by atoms with E-state index in [1.54, 1.807) is 0 Å². The minimum Gasteiger partial charge on any atom is -0.351 e. The highest BCUT2D eigenvalue weighted by molar-refractivity contribution is 7.13. The molecular weight excluding hydrogens is 253 g/mol. The second-order valence-corrected chi connectivity index (χ2v) is 5.39. The zero-order valence-electron chi connectivity index (χ0n) is 8.64. The van der Waals surface area contributed by atoms with Crippen LogP contribution in [-0.2, 0) is 0 Å². The van der Waals surface area contributed by atoms with Crippen molar-refractivity contribution in [1.82, 2.24) is 5.32 Å². The Balaban J connectivity index is 2.51. The molecule has 0 aromatic carbocycles. The number of hydrogen-bond donors (Lipinski definition) is 1. The molecule has 0 aliphatic heterocycles. The summed E-state index contributed by atoms with van der Waals surface area (Å²) < 4.78 is 0. The van der Waals surface area contributed by atoms with Crippen molar-refractivity contribution in [3.05, 3.63) is 20.8 Å². The van der Waals surface area contributed by atoms with E-state index >= 15 is 0 Å². The Bertz CT molecular complexity index is 349. The smallest absolute Gasteiger partial charge is 0.262 e. The van der Waals surface area contributed by atoms with E-state index in [2.05, 4.69) is 5.32 Å². The Hall–Kier alpha value is -0.250. The fourth-order valence-electron chi connectivity index (χ4n) is 1.05. The third kappa shape index (κ3) is 3.67. The van der Waals surface area contributed by atoms with Gasteiger partial charge in [-0.3, -0.25) is 4.79 Å². The maximum atomic E-state index is 11.6. The van der Waals surface area contributed by atoms with Crippen LogP contribution in [-0.4, -0.2) is 17.8 Å². The van der Waals surface area contributed by atoms with Gasteiger partial charge in [0.15, 0.2) is 0 Å². The number of halogens is 2. The van der Waals surface area contributed by atoms with Crippen LogP contribution in [0.15, 0.2) is 5.38 Å². The van der Waals surface area contributed by atoms with E-state index in [0.29, 0.717) is 16.4 Å². The normalized spacial score (nSPS) is 12.5. The SMILES string of the molecule is Cc1csc(C(=O)NCCC(C)Cl)c1Cl. The molecule has 1 aromatic rings. The van der Waals surface area contributed by atoms with Gasteiger partial charge >= 0.3 is 0 Å². The van der Waals surface area contributed by atoms with Gasteiger partial charge in [0.2, 0.25) is 0 Å². The van der Waals surface area contributed by atoms with E-state index in [1.165, 1.54) is 11.3 Å². The highest BCUT2D eigenvalue weighted by atomic mass is 35.5. The molecule has 1 heterocycles. The fraction of sp³-hybridized carbons (Fsp3) is 0.500. The van der Waals surface area contributed by atoms with Crippen molar-refractivity contribution in [2.75, 3.05) is 6.54 Å². The molecule has 0 saturated heterocycles. The Morgan fingerprint density at radius 3 is 2.80 bits per heavy atom. The molecule has 0 aliphatic carbocycles. The van der Waals surface area contributed by atoms with Gasteiger partial charge in [0.1, 0.15) is 4.88 Å². The van der Waals surface area contributed by atoms with E-state index in [1.807, 2.05) is 19.2 Å². The van der Waals surface area contributed by atoms with Crippen molar-refractivity contribution in [1.29, 1.82) is 0 Å². The van der Waals surface area contributed by atoms with Crippen LogP contribution in [0.25, 0.3) is 0 Å². The molecule has 0 radical (unpaired) electrons. The van der Waals surface area contributed by atoms with Gasteiger partial charge in [-0.2, -0.15) is 0 Å². The zero-order chi connectivity index (χ0) is 11.4. The molecule has 1 rings (SSSR count). The fourth-order valence-corrected chi connectivity index (χ4v) is 2.35. The first-order valence-electron chi connectivity index (χ1n) is 4.68. The van der Waals surface area contributed by atoms with Crippen LogP contribution in [0.2, 0.25) is 5.02 Å². The van der Waals surface area contributed by atoms with E-state index < -0.39 is 0 Å². The Morgan fingerprint density at radius 1 is 1.67 bits per heavy atom. The van der Waals surface area contributed by atoms with Crippen molar-refractivity contribution in [3.63, 3.8) is 0 Å². The third-order valence-electron chi connectivity index (χ3n) is 1.93. The topological polar surface area (TPSA) is 29.1 Å². The van der Waals surface area contributed by atoms with E-state index in [4.69, 9.17) is 23.2 Å². The molecule has 5 heteroatoms. The Kier molecular flexibility index (Phi) is 4.90. The van der Waals surface area contributed by atoms with Crippen LogP contribution in [0.1, 0.15) is 28.6 Å². The molecule has 1 N–H and O–H groups in total. The molecule has 2 nitrogen and oxygen atoms in total. The third-order valence-corrected chi connectivity index (χ3v) is 3.85. The summed E-state index contributed by atoms with van der Waals surface area (Å²) in [4.78, 5) is 12.2. The summed E-state index contributed by atoms with van der Waals surface area (Å²) in [6, 6.07) is 0. The summed E-state index contributed by atoms with van der Waals surface area (Å²) in [5, 5.41) is 5.29. The lowest BCUT2D eigenvalue weighted by Gasteiger charge is -2.05. The van der Waals surface area contributed by atoms with Crippen molar-refractivity contribution in [2.45, 2.75) is 25.6 Å². The summed E-state index contributed by atoms with van der Waals surface area (Å²) in [5.41, 5.74) is 0.942. The highest BCUT2D eigenvalue weighted by Gasteiger charge is 2.13. The van der Waals surface area contributed by atoms with Gasteiger partial charge < -0.3 is 5.32 Å². The van der Waals surface area contributed by atoms with Crippen molar-refractivity contribution < 1.29 is 4.79 Å². The molecule has 0 bridgehead atoms. The minimum atomic E-state index is -0.115. The molecule has 1 atom stereocenters. The minimum absolute atomic E-state index is 0.0749. The second-order valence-electron chi connectivity index (χ2n) is 3.39. The number of amides is 1.